The highest BCUT2D eigenvalue weighted by Gasteiger charge is 2.58. The fraction of sp³-hybridized carbons (Fsp3) is 0.742. The summed E-state index contributed by atoms with van der Waals surface area (Å²) in [7, 11) is 0. The summed E-state index contributed by atoms with van der Waals surface area (Å²) in [6, 6.07) is 11.7. The summed E-state index contributed by atoms with van der Waals surface area (Å²) < 4.78 is 13.3. The van der Waals surface area contributed by atoms with E-state index < -0.39 is 6.67 Å². The van der Waals surface area contributed by atoms with E-state index in [1.54, 1.807) is 4.90 Å². The van der Waals surface area contributed by atoms with Gasteiger partial charge in [-0.3, -0.25) is 9.69 Å². The summed E-state index contributed by atoms with van der Waals surface area (Å²) >= 11 is 0. The molecule has 3 amide bonds. The summed E-state index contributed by atoms with van der Waals surface area (Å²) in [5, 5.41) is 0. The maximum Gasteiger partial charge on any atom is 0.320 e. The molecule has 38 heavy (non-hydrogen) atoms. The number of hydrogen-bond donors (Lipinski definition) is 0. The molecule has 2 bridgehead atoms. The molecular formula is C31H47FN4O2. The Bertz CT molecular complexity index is 995. The molecule has 0 saturated carbocycles. The Balaban J connectivity index is 1.34. The van der Waals surface area contributed by atoms with Crippen LogP contribution < -0.4 is 0 Å². The Morgan fingerprint density at radius 3 is 2.32 bits per heavy atom. The first-order valence-electron chi connectivity index (χ1n) is 14.7. The van der Waals surface area contributed by atoms with Gasteiger partial charge in [0.2, 0.25) is 5.91 Å². The van der Waals surface area contributed by atoms with Crippen LogP contribution >= 0.6 is 0 Å². The second-order valence-corrected chi connectivity index (χ2v) is 13.9. The average molecular weight is 527 g/mol. The number of fused-ring (bicyclic) bond motifs is 2. The molecule has 4 heterocycles. The number of benzene rings is 1. The summed E-state index contributed by atoms with van der Waals surface area (Å²) in [5.74, 6) is 1.01. The van der Waals surface area contributed by atoms with Crippen molar-refractivity contribution in [2.45, 2.75) is 96.3 Å². The fourth-order valence-corrected chi connectivity index (χ4v) is 8.11. The van der Waals surface area contributed by atoms with Crippen molar-refractivity contribution in [2.75, 3.05) is 39.4 Å². The van der Waals surface area contributed by atoms with E-state index in [0.717, 1.165) is 45.3 Å². The van der Waals surface area contributed by atoms with E-state index >= 15 is 0 Å². The molecule has 4 saturated heterocycles. The molecule has 1 aromatic carbocycles. The third-order valence-corrected chi connectivity index (χ3v) is 9.49. The summed E-state index contributed by atoms with van der Waals surface area (Å²) in [5.41, 5.74) is 1.12. The molecule has 2 unspecified atom stereocenters. The quantitative estimate of drug-likeness (QED) is 0.494. The average Bonchev–Trinajstić information content (AvgIpc) is 3.45. The summed E-state index contributed by atoms with van der Waals surface area (Å²) in [4.78, 5) is 35.2. The van der Waals surface area contributed by atoms with Gasteiger partial charge in [-0.25, -0.2) is 9.18 Å². The first-order valence-corrected chi connectivity index (χ1v) is 14.7. The van der Waals surface area contributed by atoms with Crippen LogP contribution in [0.4, 0.5) is 9.18 Å². The predicted octanol–water partition coefficient (Wildman–Crippen LogP) is 5.15. The highest BCUT2D eigenvalue weighted by molar-refractivity contribution is 5.79. The molecule has 6 nitrogen and oxygen atoms in total. The third kappa shape index (κ3) is 5.20. The van der Waals surface area contributed by atoms with Crippen molar-refractivity contribution in [1.29, 1.82) is 0 Å². The van der Waals surface area contributed by atoms with Gasteiger partial charge in [0.1, 0.15) is 6.67 Å². The van der Waals surface area contributed by atoms with Gasteiger partial charge < -0.3 is 14.7 Å². The molecule has 7 heteroatoms. The number of halogens is 1. The summed E-state index contributed by atoms with van der Waals surface area (Å²) in [6.45, 7) is 13.6. The van der Waals surface area contributed by atoms with Crippen molar-refractivity contribution < 1.29 is 14.0 Å². The number of likely N-dealkylation sites (tertiary alicyclic amines) is 1. The normalized spacial score (nSPS) is 31.9. The van der Waals surface area contributed by atoms with Gasteiger partial charge in [0.15, 0.2) is 0 Å². The van der Waals surface area contributed by atoms with Gasteiger partial charge in [-0.15, -0.1) is 0 Å². The molecule has 1 aromatic rings. The minimum Gasteiger partial charge on any atom is -0.342 e. The molecule has 0 radical (unpaired) electrons. The first-order chi connectivity index (χ1) is 18.0. The SMILES string of the molecule is CC(C)N1C(=O)N(CCF)CC12CC1CCC(C2)N1C[C@H]1CN(C(=O)CC(C)(C)C)C[C@@H]1c1ccccc1. The van der Waals surface area contributed by atoms with Gasteiger partial charge in [-0.2, -0.15) is 0 Å². The first kappa shape index (κ1) is 27.4. The van der Waals surface area contributed by atoms with Gasteiger partial charge in [-0.1, -0.05) is 51.1 Å². The van der Waals surface area contributed by atoms with Crippen LogP contribution in [0.3, 0.4) is 0 Å². The monoisotopic (exact) mass is 526 g/mol. The van der Waals surface area contributed by atoms with Crippen LogP contribution in [-0.2, 0) is 4.79 Å². The number of nitrogens with zero attached hydrogens (tertiary/aromatic N) is 4. The van der Waals surface area contributed by atoms with Crippen LogP contribution in [0.25, 0.3) is 0 Å². The molecule has 4 aliphatic rings. The second-order valence-electron chi connectivity index (χ2n) is 13.9. The number of rotatable bonds is 7. The largest absolute Gasteiger partial charge is 0.342 e. The van der Waals surface area contributed by atoms with Crippen molar-refractivity contribution >= 4 is 11.9 Å². The van der Waals surface area contributed by atoms with Gasteiger partial charge >= 0.3 is 6.03 Å². The lowest BCUT2D eigenvalue weighted by atomic mass is 9.80. The zero-order valence-electron chi connectivity index (χ0n) is 24.0. The number of amides is 3. The lowest BCUT2D eigenvalue weighted by Crippen LogP contribution is -2.60. The van der Waals surface area contributed by atoms with Gasteiger partial charge in [0, 0.05) is 56.6 Å². The molecule has 4 fully saturated rings. The van der Waals surface area contributed by atoms with Gasteiger partial charge in [0.05, 0.1) is 12.1 Å². The summed E-state index contributed by atoms with van der Waals surface area (Å²) in [6.07, 6.45) is 4.82. The smallest absolute Gasteiger partial charge is 0.320 e. The number of hydrogen-bond acceptors (Lipinski definition) is 3. The molecule has 4 atom stereocenters. The third-order valence-electron chi connectivity index (χ3n) is 9.49. The Hall–Kier alpha value is -2.15. The molecule has 4 aliphatic heterocycles. The standard InChI is InChI=1S/C31H47FN4O2/c1-22(2)36-29(38)33(14-13-32)21-31(36)15-25-11-12-26(16-31)35(25)19-24-18-34(28(37)17-30(3,4)5)20-27(24)23-9-7-6-8-10-23/h6-10,22,24-27H,11-21H2,1-5H3/t24-,25?,26?,27-,31?/m1/s1. The van der Waals surface area contributed by atoms with Crippen molar-refractivity contribution in [3.8, 4) is 0 Å². The maximum atomic E-state index is 13.3. The lowest BCUT2D eigenvalue weighted by molar-refractivity contribution is -0.132. The van der Waals surface area contributed by atoms with Crippen molar-refractivity contribution in [1.82, 2.24) is 19.6 Å². The van der Waals surface area contributed by atoms with E-state index in [-0.39, 0.29) is 35.5 Å². The van der Waals surface area contributed by atoms with Gasteiger partial charge in [0.25, 0.3) is 0 Å². The van der Waals surface area contributed by atoms with Crippen LogP contribution in [0.15, 0.2) is 30.3 Å². The Labute approximate surface area is 228 Å². The number of piperidine rings is 1. The highest BCUT2D eigenvalue weighted by Crippen LogP contribution is 2.48. The van der Waals surface area contributed by atoms with E-state index in [1.165, 1.54) is 5.56 Å². The molecule has 0 aliphatic carbocycles. The minimum absolute atomic E-state index is 0.0124. The molecule has 5 rings (SSSR count). The number of alkyl halides is 1. The topological polar surface area (TPSA) is 47.1 Å². The van der Waals surface area contributed by atoms with E-state index in [9.17, 15) is 14.0 Å². The van der Waals surface area contributed by atoms with Crippen LogP contribution in [-0.4, -0.2) is 94.6 Å². The van der Waals surface area contributed by atoms with Crippen LogP contribution in [0.5, 0.6) is 0 Å². The number of carbonyl (C=O) groups excluding carboxylic acids is 2. The van der Waals surface area contributed by atoms with E-state index in [0.29, 0.717) is 36.9 Å². The molecule has 0 N–H and O–H groups in total. The van der Waals surface area contributed by atoms with E-state index in [2.05, 4.69) is 79.7 Å². The van der Waals surface area contributed by atoms with Crippen LogP contribution in [0.2, 0.25) is 0 Å². The molecule has 210 valence electrons. The van der Waals surface area contributed by atoms with Crippen LogP contribution in [0.1, 0.15) is 78.2 Å². The molecule has 0 aromatic heterocycles. The van der Waals surface area contributed by atoms with Crippen molar-refractivity contribution in [3.05, 3.63) is 35.9 Å². The van der Waals surface area contributed by atoms with Crippen molar-refractivity contribution in [3.63, 3.8) is 0 Å². The predicted molar refractivity (Wildman–Crippen MR) is 149 cm³/mol. The Morgan fingerprint density at radius 2 is 1.74 bits per heavy atom. The second kappa shape index (κ2) is 10.4. The van der Waals surface area contributed by atoms with Crippen LogP contribution in [0, 0.1) is 11.3 Å². The minimum atomic E-state index is -0.486. The zero-order valence-corrected chi connectivity index (χ0v) is 24.0. The Morgan fingerprint density at radius 1 is 1.08 bits per heavy atom. The molecule has 1 spiro atoms. The number of urea groups is 1. The van der Waals surface area contributed by atoms with E-state index in [1.807, 2.05) is 0 Å². The Kier molecular flexibility index (Phi) is 7.53. The van der Waals surface area contributed by atoms with Crippen molar-refractivity contribution in [2.24, 2.45) is 11.3 Å². The maximum absolute atomic E-state index is 13.3. The fourth-order valence-electron chi connectivity index (χ4n) is 8.11. The molecular weight excluding hydrogens is 479 g/mol. The van der Waals surface area contributed by atoms with Gasteiger partial charge in [-0.05, 0) is 56.4 Å². The van der Waals surface area contributed by atoms with E-state index in [4.69, 9.17) is 0 Å². The number of carbonyl (C=O) groups is 2. The highest BCUT2D eigenvalue weighted by atomic mass is 19.1. The zero-order chi connectivity index (χ0) is 27.2. The lowest BCUT2D eigenvalue weighted by Gasteiger charge is -2.50.